The summed E-state index contributed by atoms with van der Waals surface area (Å²) in [6.45, 7) is 0. The van der Waals surface area contributed by atoms with Crippen LogP contribution in [0.25, 0.3) is 110 Å². The van der Waals surface area contributed by atoms with Crippen LogP contribution in [0.15, 0.2) is 194 Å². The van der Waals surface area contributed by atoms with Gasteiger partial charge in [-0.1, -0.05) is 140 Å². The van der Waals surface area contributed by atoms with Crippen molar-refractivity contribution < 1.29 is 0 Å². The molecule has 2 heteroatoms. The number of hydrogen-bond donors (Lipinski definition) is 0. The smallest absolute Gasteiger partial charge is 0.0619 e. The highest BCUT2D eigenvalue weighted by atomic mass is 15.0. The van der Waals surface area contributed by atoms with E-state index in [4.69, 9.17) is 0 Å². The maximum Gasteiger partial charge on any atom is 0.0619 e. The van der Waals surface area contributed by atoms with Gasteiger partial charge in [-0.2, -0.15) is 0 Å². The number of nitrogens with zero attached hydrogens (tertiary/aromatic N) is 2. The number of aromatic nitrogens is 2. The van der Waals surface area contributed by atoms with E-state index in [-0.39, 0.29) is 0 Å². The molecule has 0 aliphatic carbocycles. The summed E-state index contributed by atoms with van der Waals surface area (Å²) in [7, 11) is 0. The van der Waals surface area contributed by atoms with E-state index >= 15 is 0 Å². The average Bonchev–Trinajstić information content (AvgIpc) is 3.71. The van der Waals surface area contributed by atoms with Crippen molar-refractivity contribution in [2.45, 2.75) is 0 Å². The van der Waals surface area contributed by atoms with Gasteiger partial charge in [0.1, 0.15) is 0 Å². The third-order valence-electron chi connectivity index (χ3n) is 11.6. The average molecular weight is 685 g/mol. The minimum Gasteiger partial charge on any atom is -0.309 e. The summed E-state index contributed by atoms with van der Waals surface area (Å²) in [5.74, 6) is 0. The second kappa shape index (κ2) is 11.2. The third kappa shape index (κ3) is 4.17. The van der Waals surface area contributed by atoms with Gasteiger partial charge in [-0.3, -0.25) is 0 Å². The van der Waals surface area contributed by atoms with Gasteiger partial charge in [-0.15, -0.1) is 0 Å². The predicted molar refractivity (Wildman–Crippen MR) is 228 cm³/mol. The third-order valence-corrected chi connectivity index (χ3v) is 11.6. The predicted octanol–water partition coefficient (Wildman–Crippen LogP) is 14.0. The van der Waals surface area contributed by atoms with Crippen molar-refractivity contribution in [1.29, 1.82) is 0 Å². The fraction of sp³-hybridized carbons (Fsp3) is 0. The Morgan fingerprint density at radius 2 is 0.870 bits per heavy atom. The fourth-order valence-corrected chi connectivity index (χ4v) is 9.17. The van der Waals surface area contributed by atoms with Crippen LogP contribution in [0.4, 0.5) is 0 Å². The molecule has 0 atom stereocenters. The highest BCUT2D eigenvalue weighted by Gasteiger charge is 2.25. The van der Waals surface area contributed by atoms with Crippen molar-refractivity contribution in [3.63, 3.8) is 0 Å². The maximum absolute atomic E-state index is 2.51. The van der Waals surface area contributed by atoms with Gasteiger partial charge in [0.05, 0.1) is 27.8 Å². The topological polar surface area (TPSA) is 9.86 Å². The van der Waals surface area contributed by atoms with E-state index in [0.29, 0.717) is 0 Å². The fourth-order valence-electron chi connectivity index (χ4n) is 9.17. The van der Waals surface area contributed by atoms with Crippen LogP contribution in [0.5, 0.6) is 0 Å². The van der Waals surface area contributed by atoms with Crippen molar-refractivity contribution >= 4 is 54.4 Å². The zero-order valence-corrected chi connectivity index (χ0v) is 29.4. The molecule has 0 saturated carbocycles. The first-order valence-electron chi connectivity index (χ1n) is 18.7. The van der Waals surface area contributed by atoms with Gasteiger partial charge >= 0.3 is 0 Å². The van der Waals surface area contributed by atoms with Crippen LogP contribution < -0.4 is 0 Å². The first-order valence-corrected chi connectivity index (χ1v) is 18.7. The van der Waals surface area contributed by atoms with Gasteiger partial charge in [-0.05, 0) is 98.8 Å². The quantitative estimate of drug-likeness (QED) is 0.175. The summed E-state index contributed by atoms with van der Waals surface area (Å²) in [5.41, 5.74) is 17.2. The minimum atomic E-state index is 1.18. The molecule has 1 aliphatic rings. The van der Waals surface area contributed by atoms with E-state index in [2.05, 4.69) is 203 Å². The number of benzene rings is 9. The molecule has 11 aromatic rings. The lowest BCUT2D eigenvalue weighted by atomic mass is 9.91. The SMILES string of the molecule is c1ccc(-c2ccc3c(c2)-c2ccccc2-c2cccc4c5cc(-c6ccc7c(c6)c6ccccc6n7-c6ccc7ccccc7c6)ccc5n-3c24)cc1. The Labute approximate surface area is 312 Å². The van der Waals surface area contributed by atoms with E-state index in [0.717, 1.165) is 0 Å². The molecule has 0 N–H and O–H groups in total. The normalized spacial score (nSPS) is 12.1. The zero-order chi connectivity index (χ0) is 35.3. The number of fused-ring (bicyclic) bond motifs is 12. The van der Waals surface area contributed by atoms with Gasteiger partial charge in [0, 0.05) is 38.4 Å². The largest absolute Gasteiger partial charge is 0.309 e. The Kier molecular flexibility index (Phi) is 6.09. The van der Waals surface area contributed by atoms with E-state index < -0.39 is 0 Å². The van der Waals surface area contributed by atoms with Crippen LogP contribution in [0.3, 0.4) is 0 Å². The molecule has 250 valence electrons. The van der Waals surface area contributed by atoms with E-state index in [9.17, 15) is 0 Å². The zero-order valence-electron chi connectivity index (χ0n) is 29.4. The summed E-state index contributed by atoms with van der Waals surface area (Å²) < 4.78 is 4.92. The molecule has 12 rings (SSSR count). The Bertz CT molecular complexity index is 3320. The second-order valence-corrected chi connectivity index (χ2v) is 14.5. The van der Waals surface area contributed by atoms with Crippen molar-refractivity contribution in [1.82, 2.24) is 9.13 Å². The summed E-state index contributed by atoms with van der Waals surface area (Å²) in [6, 6.07) is 71.6. The molecule has 3 heterocycles. The van der Waals surface area contributed by atoms with Crippen molar-refractivity contribution in [2.75, 3.05) is 0 Å². The van der Waals surface area contributed by atoms with E-state index in [1.54, 1.807) is 0 Å². The summed E-state index contributed by atoms with van der Waals surface area (Å²) in [4.78, 5) is 0. The summed E-state index contributed by atoms with van der Waals surface area (Å²) >= 11 is 0. The Balaban J connectivity index is 1.07. The minimum absolute atomic E-state index is 1.18. The van der Waals surface area contributed by atoms with Gasteiger partial charge in [0.15, 0.2) is 0 Å². The van der Waals surface area contributed by atoms with Crippen LogP contribution >= 0.6 is 0 Å². The molecular formula is C52H32N2. The lowest BCUT2D eigenvalue weighted by molar-refractivity contribution is 1.19. The molecule has 0 fully saturated rings. The molecule has 9 aromatic carbocycles. The Morgan fingerprint density at radius 3 is 1.70 bits per heavy atom. The Hall–Kier alpha value is -7.16. The van der Waals surface area contributed by atoms with Crippen LogP contribution in [0.1, 0.15) is 0 Å². The molecule has 0 saturated heterocycles. The molecule has 0 spiro atoms. The molecular weight excluding hydrogens is 653 g/mol. The van der Waals surface area contributed by atoms with E-state index in [1.165, 1.54) is 110 Å². The summed E-state index contributed by atoms with van der Waals surface area (Å²) in [5, 5.41) is 7.56. The van der Waals surface area contributed by atoms with Crippen molar-refractivity contribution in [2.24, 2.45) is 0 Å². The lowest BCUT2D eigenvalue weighted by Crippen LogP contribution is -1.96. The summed E-state index contributed by atoms with van der Waals surface area (Å²) in [6.07, 6.45) is 0. The molecule has 0 amide bonds. The van der Waals surface area contributed by atoms with Gasteiger partial charge < -0.3 is 9.13 Å². The molecule has 0 bridgehead atoms. The molecule has 54 heavy (non-hydrogen) atoms. The van der Waals surface area contributed by atoms with Crippen molar-refractivity contribution in [3.8, 4) is 55.9 Å². The van der Waals surface area contributed by atoms with Gasteiger partial charge in [0.25, 0.3) is 0 Å². The molecule has 2 nitrogen and oxygen atoms in total. The Morgan fingerprint density at radius 1 is 0.278 bits per heavy atom. The van der Waals surface area contributed by atoms with E-state index in [1.807, 2.05) is 0 Å². The second-order valence-electron chi connectivity index (χ2n) is 14.5. The van der Waals surface area contributed by atoms with Crippen LogP contribution in [0, 0.1) is 0 Å². The van der Waals surface area contributed by atoms with Crippen LogP contribution in [-0.4, -0.2) is 9.13 Å². The van der Waals surface area contributed by atoms with Gasteiger partial charge in [-0.25, -0.2) is 0 Å². The van der Waals surface area contributed by atoms with Crippen LogP contribution in [-0.2, 0) is 0 Å². The molecule has 0 unspecified atom stereocenters. The van der Waals surface area contributed by atoms with Crippen molar-refractivity contribution in [3.05, 3.63) is 194 Å². The molecule has 1 aliphatic heterocycles. The maximum atomic E-state index is 2.51. The first kappa shape index (κ1) is 29.4. The van der Waals surface area contributed by atoms with Gasteiger partial charge in [0.2, 0.25) is 0 Å². The number of rotatable bonds is 3. The lowest BCUT2D eigenvalue weighted by Gasteiger charge is -2.15. The first-order chi connectivity index (χ1) is 26.8. The standard InChI is InChI=1S/C52H32N2/c1-2-11-33(12-3-1)36-22-27-50-45(30-36)41-16-7-6-15-40(41)43-18-10-19-44-47-32-38(24-28-51(47)54(50)52(43)44)37-23-26-49-46(31-37)42-17-8-9-20-48(42)53(49)39-25-21-34-13-4-5-14-35(34)29-39/h1-32H. The number of hydrogen-bond acceptors (Lipinski definition) is 0. The van der Waals surface area contributed by atoms with Crippen LogP contribution in [0.2, 0.25) is 0 Å². The number of para-hydroxylation sites is 2. The highest BCUT2D eigenvalue weighted by Crippen LogP contribution is 2.48. The monoisotopic (exact) mass is 684 g/mol. The molecule has 0 radical (unpaired) electrons. The molecule has 2 aromatic heterocycles. The highest BCUT2D eigenvalue weighted by molar-refractivity contribution is 6.17.